The van der Waals surface area contributed by atoms with Crippen LogP contribution in [-0.2, 0) is 24.2 Å². The van der Waals surface area contributed by atoms with E-state index in [1.165, 1.54) is 16.1 Å². The molecule has 126 valence electrons. The molecule has 4 nitrogen and oxygen atoms in total. The number of thiophene rings is 1. The van der Waals surface area contributed by atoms with Crippen LogP contribution in [0.5, 0.6) is 0 Å². The maximum absolute atomic E-state index is 12.0. The molecular weight excluding hydrogens is 306 g/mol. The van der Waals surface area contributed by atoms with Gasteiger partial charge in [0.15, 0.2) is 0 Å². The van der Waals surface area contributed by atoms with Gasteiger partial charge in [-0.05, 0) is 49.6 Å². The minimum absolute atomic E-state index is 0.122. The van der Waals surface area contributed by atoms with Gasteiger partial charge in [0, 0.05) is 30.1 Å². The topological polar surface area (TPSA) is 46.9 Å². The van der Waals surface area contributed by atoms with Crippen LogP contribution < -0.4 is 5.32 Å². The number of aromatic nitrogens is 2. The number of hydrogen-bond acceptors (Lipinski definition) is 3. The summed E-state index contributed by atoms with van der Waals surface area (Å²) < 4.78 is 2.07. The molecule has 0 aliphatic rings. The molecule has 0 aromatic carbocycles. The average molecular weight is 334 g/mol. The fourth-order valence-electron chi connectivity index (χ4n) is 2.73. The predicted molar refractivity (Wildman–Crippen MR) is 95.9 cm³/mol. The fraction of sp³-hybridized carbons (Fsp3) is 0.556. The molecule has 0 saturated carbocycles. The van der Waals surface area contributed by atoms with Crippen LogP contribution >= 0.6 is 11.3 Å². The van der Waals surface area contributed by atoms with E-state index in [-0.39, 0.29) is 5.91 Å². The number of carbonyl (C=O) groups is 1. The standard InChI is InChI=1S/C18H27N3OS/c1-13(2)12-21-15(4)17(14(3)20-21)7-8-18(22)19-10-9-16-6-5-11-23-16/h5-6,11,13H,7-10,12H2,1-4H3,(H,19,22). The second kappa shape index (κ2) is 8.29. The zero-order chi connectivity index (χ0) is 16.8. The molecule has 2 aromatic heterocycles. The zero-order valence-corrected chi connectivity index (χ0v) is 15.4. The molecule has 1 N–H and O–H groups in total. The van der Waals surface area contributed by atoms with E-state index < -0.39 is 0 Å². The van der Waals surface area contributed by atoms with Crippen LogP contribution in [0.25, 0.3) is 0 Å². The van der Waals surface area contributed by atoms with Gasteiger partial charge < -0.3 is 5.32 Å². The number of nitrogens with one attached hydrogen (secondary N) is 1. The maximum atomic E-state index is 12.0. The Hall–Kier alpha value is -1.62. The number of hydrogen-bond donors (Lipinski definition) is 1. The van der Waals surface area contributed by atoms with E-state index in [2.05, 4.69) is 47.3 Å². The molecule has 0 unspecified atom stereocenters. The predicted octanol–water partition coefficient (Wildman–Crippen LogP) is 3.51. The van der Waals surface area contributed by atoms with Crippen molar-refractivity contribution in [3.05, 3.63) is 39.3 Å². The Morgan fingerprint density at radius 2 is 2.13 bits per heavy atom. The summed E-state index contributed by atoms with van der Waals surface area (Å²) in [6.07, 6.45) is 2.20. The highest BCUT2D eigenvalue weighted by Gasteiger charge is 2.13. The smallest absolute Gasteiger partial charge is 0.220 e. The number of aryl methyl sites for hydroxylation is 1. The quantitative estimate of drug-likeness (QED) is 0.803. The van der Waals surface area contributed by atoms with Gasteiger partial charge in [-0.2, -0.15) is 5.10 Å². The summed E-state index contributed by atoms with van der Waals surface area (Å²) in [7, 11) is 0. The molecule has 0 aliphatic heterocycles. The van der Waals surface area contributed by atoms with Crippen LogP contribution in [0.4, 0.5) is 0 Å². The van der Waals surface area contributed by atoms with Crippen molar-refractivity contribution in [1.29, 1.82) is 0 Å². The average Bonchev–Trinajstić information content (AvgIpc) is 3.07. The van der Waals surface area contributed by atoms with Crippen molar-refractivity contribution in [3.63, 3.8) is 0 Å². The van der Waals surface area contributed by atoms with Crippen LogP contribution in [0, 0.1) is 19.8 Å². The molecule has 0 fully saturated rings. The first-order valence-corrected chi connectivity index (χ1v) is 9.17. The third-order valence-electron chi connectivity index (χ3n) is 3.95. The molecule has 0 aliphatic carbocycles. The Bertz CT molecular complexity index is 629. The molecular formula is C18H27N3OS. The monoisotopic (exact) mass is 333 g/mol. The summed E-state index contributed by atoms with van der Waals surface area (Å²) >= 11 is 1.73. The van der Waals surface area contributed by atoms with Gasteiger partial charge in [-0.3, -0.25) is 9.48 Å². The van der Waals surface area contributed by atoms with Gasteiger partial charge in [0.05, 0.1) is 5.69 Å². The lowest BCUT2D eigenvalue weighted by Crippen LogP contribution is -2.25. The van der Waals surface area contributed by atoms with Gasteiger partial charge in [-0.15, -0.1) is 11.3 Å². The first kappa shape index (κ1) is 17.7. The van der Waals surface area contributed by atoms with Crippen molar-refractivity contribution >= 4 is 17.2 Å². The van der Waals surface area contributed by atoms with E-state index in [1.54, 1.807) is 11.3 Å². The van der Waals surface area contributed by atoms with Crippen LogP contribution in [0.15, 0.2) is 17.5 Å². The Morgan fingerprint density at radius 1 is 1.35 bits per heavy atom. The fourth-order valence-corrected chi connectivity index (χ4v) is 3.44. The van der Waals surface area contributed by atoms with Crippen molar-refractivity contribution in [3.8, 4) is 0 Å². The summed E-state index contributed by atoms with van der Waals surface area (Å²) in [6, 6.07) is 4.15. The number of nitrogens with zero attached hydrogens (tertiary/aromatic N) is 2. The van der Waals surface area contributed by atoms with Crippen LogP contribution in [0.3, 0.4) is 0 Å². The van der Waals surface area contributed by atoms with E-state index in [0.29, 0.717) is 18.9 Å². The third-order valence-corrected chi connectivity index (χ3v) is 4.88. The highest BCUT2D eigenvalue weighted by atomic mass is 32.1. The first-order chi connectivity index (χ1) is 11.0. The van der Waals surface area contributed by atoms with E-state index >= 15 is 0 Å². The summed E-state index contributed by atoms with van der Waals surface area (Å²) in [5.74, 6) is 0.693. The Labute approximate surface area is 142 Å². The van der Waals surface area contributed by atoms with Crippen molar-refractivity contribution in [1.82, 2.24) is 15.1 Å². The van der Waals surface area contributed by atoms with E-state index in [0.717, 1.165) is 25.1 Å². The van der Waals surface area contributed by atoms with E-state index in [9.17, 15) is 4.79 Å². The van der Waals surface area contributed by atoms with Crippen LogP contribution in [-0.4, -0.2) is 22.2 Å². The van der Waals surface area contributed by atoms with Crippen LogP contribution in [0.1, 0.15) is 42.1 Å². The molecule has 0 atom stereocenters. The minimum Gasteiger partial charge on any atom is -0.356 e. The molecule has 5 heteroatoms. The summed E-state index contributed by atoms with van der Waals surface area (Å²) in [4.78, 5) is 13.3. The maximum Gasteiger partial charge on any atom is 0.220 e. The number of amides is 1. The molecule has 2 aromatic rings. The highest BCUT2D eigenvalue weighted by Crippen LogP contribution is 2.16. The van der Waals surface area contributed by atoms with Gasteiger partial charge in [-0.25, -0.2) is 0 Å². The molecule has 0 bridgehead atoms. The lowest BCUT2D eigenvalue weighted by Gasteiger charge is -2.08. The Kier molecular flexibility index (Phi) is 6.39. The van der Waals surface area contributed by atoms with Gasteiger partial charge in [0.1, 0.15) is 0 Å². The summed E-state index contributed by atoms with van der Waals surface area (Å²) in [6.45, 7) is 10.2. The number of carbonyl (C=O) groups excluding carboxylic acids is 1. The minimum atomic E-state index is 0.122. The molecule has 2 heterocycles. The normalized spacial score (nSPS) is 11.2. The molecule has 1 amide bonds. The first-order valence-electron chi connectivity index (χ1n) is 8.29. The zero-order valence-electron chi connectivity index (χ0n) is 14.6. The highest BCUT2D eigenvalue weighted by molar-refractivity contribution is 7.09. The molecule has 0 saturated heterocycles. The van der Waals surface area contributed by atoms with Crippen molar-refractivity contribution < 1.29 is 4.79 Å². The van der Waals surface area contributed by atoms with Gasteiger partial charge in [0.2, 0.25) is 5.91 Å². The molecule has 23 heavy (non-hydrogen) atoms. The van der Waals surface area contributed by atoms with Crippen molar-refractivity contribution in [2.75, 3.05) is 6.54 Å². The third kappa shape index (κ3) is 5.20. The summed E-state index contributed by atoms with van der Waals surface area (Å²) in [5.41, 5.74) is 3.47. The lowest BCUT2D eigenvalue weighted by atomic mass is 10.1. The van der Waals surface area contributed by atoms with Crippen molar-refractivity contribution in [2.24, 2.45) is 5.92 Å². The van der Waals surface area contributed by atoms with Gasteiger partial charge in [0.25, 0.3) is 0 Å². The second-order valence-corrected chi connectivity index (χ2v) is 7.44. The lowest BCUT2D eigenvalue weighted by molar-refractivity contribution is -0.121. The van der Waals surface area contributed by atoms with Crippen LogP contribution in [0.2, 0.25) is 0 Å². The number of rotatable bonds is 8. The van der Waals surface area contributed by atoms with Gasteiger partial charge in [-0.1, -0.05) is 19.9 Å². The molecule has 0 spiro atoms. The van der Waals surface area contributed by atoms with Gasteiger partial charge >= 0.3 is 0 Å². The SMILES string of the molecule is Cc1nn(CC(C)C)c(C)c1CCC(=O)NCCc1cccs1. The van der Waals surface area contributed by atoms with Crippen molar-refractivity contribution in [2.45, 2.75) is 53.5 Å². The summed E-state index contributed by atoms with van der Waals surface area (Å²) in [5, 5.41) is 9.69. The van der Waals surface area contributed by atoms with E-state index in [1.807, 2.05) is 13.0 Å². The largest absolute Gasteiger partial charge is 0.356 e. The molecule has 2 rings (SSSR count). The second-order valence-electron chi connectivity index (χ2n) is 6.40. The Balaban J connectivity index is 1.80. The Morgan fingerprint density at radius 3 is 2.78 bits per heavy atom. The van der Waals surface area contributed by atoms with E-state index in [4.69, 9.17) is 0 Å². The molecule has 0 radical (unpaired) electrons.